The van der Waals surface area contributed by atoms with E-state index in [9.17, 15) is 9.18 Å². The minimum absolute atomic E-state index is 0.250. The highest BCUT2D eigenvalue weighted by atomic mass is 19.1. The molecule has 3 heterocycles. The van der Waals surface area contributed by atoms with Crippen molar-refractivity contribution < 1.29 is 18.4 Å². The van der Waals surface area contributed by atoms with Crippen molar-refractivity contribution >= 4 is 5.97 Å². The topological polar surface area (TPSA) is 65.2 Å². The molecule has 0 amide bonds. The van der Waals surface area contributed by atoms with Crippen molar-refractivity contribution in [1.29, 1.82) is 0 Å². The fourth-order valence-electron chi connectivity index (χ4n) is 2.84. The maximum absolute atomic E-state index is 13.2. The Kier molecular flexibility index (Phi) is 3.57. The summed E-state index contributed by atoms with van der Waals surface area (Å²) in [6.07, 6.45) is 3.78. The van der Waals surface area contributed by atoms with Gasteiger partial charge in [0, 0.05) is 30.8 Å². The van der Waals surface area contributed by atoms with Crippen LogP contribution in [0.1, 0.15) is 24.7 Å². The van der Waals surface area contributed by atoms with Crippen molar-refractivity contribution in [3.63, 3.8) is 0 Å². The number of nitrogens with zero attached hydrogens (tertiary/aromatic N) is 2. The van der Waals surface area contributed by atoms with Crippen LogP contribution < -0.4 is 0 Å². The second-order valence-electron chi connectivity index (χ2n) is 5.53. The number of hydrogen-bond acceptors (Lipinski definition) is 5. The van der Waals surface area contributed by atoms with E-state index in [4.69, 9.17) is 9.26 Å². The van der Waals surface area contributed by atoms with E-state index in [2.05, 4.69) is 10.1 Å². The normalized spacial score (nSPS) is 17.0. The monoisotopic (exact) mass is 324 g/mol. The van der Waals surface area contributed by atoms with Gasteiger partial charge in [-0.25, -0.2) is 4.39 Å². The first kappa shape index (κ1) is 14.6. The highest BCUT2D eigenvalue weighted by Crippen LogP contribution is 2.41. The Balaban J connectivity index is 1.86. The van der Waals surface area contributed by atoms with E-state index in [1.54, 1.807) is 24.5 Å². The average Bonchev–Trinajstić information content (AvgIpc) is 3.22. The number of rotatable bonds is 3. The van der Waals surface area contributed by atoms with Crippen molar-refractivity contribution in [2.24, 2.45) is 0 Å². The molecule has 1 aliphatic heterocycles. The summed E-state index contributed by atoms with van der Waals surface area (Å²) in [5.41, 5.74) is 2.90. The predicted octanol–water partition coefficient (Wildman–Crippen LogP) is 3.92. The van der Waals surface area contributed by atoms with Crippen molar-refractivity contribution in [2.75, 3.05) is 0 Å². The number of carbonyl (C=O) groups is 1. The zero-order valence-corrected chi connectivity index (χ0v) is 12.6. The number of halogens is 1. The Morgan fingerprint density at radius 1 is 1.04 bits per heavy atom. The fraction of sp³-hybridized carbons (Fsp3) is 0.167. The Bertz CT molecular complexity index is 875. The molecule has 4 rings (SSSR count). The lowest BCUT2D eigenvalue weighted by molar-refractivity contribution is -0.142. The third-order valence-electron chi connectivity index (χ3n) is 3.98. The average molecular weight is 324 g/mol. The molecule has 1 saturated heterocycles. The predicted molar refractivity (Wildman–Crippen MR) is 83.2 cm³/mol. The second-order valence-corrected chi connectivity index (χ2v) is 5.53. The lowest BCUT2D eigenvalue weighted by atomic mass is 9.97. The molecule has 0 aliphatic carbocycles. The molecular formula is C18H13FN2O3. The van der Waals surface area contributed by atoms with Gasteiger partial charge in [-0.1, -0.05) is 5.16 Å². The molecule has 24 heavy (non-hydrogen) atoms. The lowest BCUT2D eigenvalue weighted by Gasteiger charge is -2.09. The molecule has 0 saturated carbocycles. The van der Waals surface area contributed by atoms with Gasteiger partial charge < -0.3 is 9.26 Å². The van der Waals surface area contributed by atoms with E-state index in [1.807, 2.05) is 12.1 Å². The van der Waals surface area contributed by atoms with Crippen molar-refractivity contribution in [2.45, 2.75) is 18.9 Å². The van der Waals surface area contributed by atoms with Crippen LogP contribution in [0.5, 0.6) is 0 Å². The highest BCUT2D eigenvalue weighted by Gasteiger charge is 2.33. The van der Waals surface area contributed by atoms with E-state index in [0.717, 1.165) is 16.7 Å². The third-order valence-corrected chi connectivity index (χ3v) is 3.98. The summed E-state index contributed by atoms with van der Waals surface area (Å²) in [7, 11) is 0. The molecule has 0 radical (unpaired) electrons. The lowest BCUT2D eigenvalue weighted by Crippen LogP contribution is -1.99. The van der Waals surface area contributed by atoms with Crippen LogP contribution in [-0.2, 0) is 9.53 Å². The number of esters is 1. The zero-order chi connectivity index (χ0) is 16.5. The molecule has 1 aromatic carbocycles. The molecule has 0 spiro atoms. The highest BCUT2D eigenvalue weighted by molar-refractivity contribution is 5.82. The van der Waals surface area contributed by atoms with E-state index in [0.29, 0.717) is 24.3 Å². The first-order valence-corrected chi connectivity index (χ1v) is 7.58. The van der Waals surface area contributed by atoms with E-state index >= 15 is 0 Å². The van der Waals surface area contributed by atoms with Gasteiger partial charge in [-0.2, -0.15) is 0 Å². The summed E-state index contributed by atoms with van der Waals surface area (Å²) >= 11 is 0. The van der Waals surface area contributed by atoms with Gasteiger partial charge in [0.25, 0.3) is 0 Å². The van der Waals surface area contributed by atoms with Crippen molar-refractivity contribution in [3.8, 4) is 22.4 Å². The molecule has 1 fully saturated rings. The number of carbonyl (C=O) groups excluding carboxylic acids is 1. The van der Waals surface area contributed by atoms with Crippen molar-refractivity contribution in [3.05, 3.63) is 60.4 Å². The minimum atomic E-state index is -0.456. The molecule has 0 N–H and O–H groups in total. The largest absolute Gasteiger partial charge is 0.454 e. The third kappa shape index (κ3) is 2.56. The van der Waals surface area contributed by atoms with Crippen LogP contribution in [0.3, 0.4) is 0 Å². The van der Waals surface area contributed by atoms with Crippen LogP contribution in [0.25, 0.3) is 22.4 Å². The van der Waals surface area contributed by atoms with Gasteiger partial charge in [-0.05, 0) is 42.0 Å². The summed E-state index contributed by atoms with van der Waals surface area (Å²) in [6.45, 7) is 0. The molecular weight excluding hydrogens is 311 g/mol. The second kappa shape index (κ2) is 5.88. The Labute approximate surface area is 137 Å². The quantitative estimate of drug-likeness (QED) is 0.683. The molecule has 1 atom stereocenters. The number of hydrogen-bond donors (Lipinski definition) is 0. The molecule has 2 aromatic heterocycles. The van der Waals surface area contributed by atoms with Gasteiger partial charge >= 0.3 is 5.97 Å². The first-order chi connectivity index (χ1) is 11.7. The summed E-state index contributed by atoms with van der Waals surface area (Å²) < 4.78 is 24.1. The number of cyclic esters (lactones) is 1. The summed E-state index contributed by atoms with van der Waals surface area (Å²) in [6, 6.07) is 9.69. The van der Waals surface area contributed by atoms with Crippen molar-refractivity contribution in [1.82, 2.24) is 10.1 Å². The summed E-state index contributed by atoms with van der Waals surface area (Å²) in [5, 5.41) is 4.15. The van der Waals surface area contributed by atoms with Gasteiger partial charge in [0.1, 0.15) is 11.5 Å². The SMILES string of the molecule is O=C1CC[C@H](c2onc(-c3ccc(F)cc3)c2-c2ccncc2)O1. The maximum atomic E-state index is 13.2. The fourth-order valence-corrected chi connectivity index (χ4v) is 2.84. The van der Waals surface area contributed by atoms with Crippen LogP contribution in [-0.4, -0.2) is 16.1 Å². The standard InChI is InChI=1S/C18H13FN2O3/c19-13-3-1-12(2-4-13)17-16(11-7-9-20-10-8-11)18(24-21-17)14-5-6-15(22)23-14/h1-4,7-10,14H,5-6H2/t14-/m1/s1. The van der Waals surface area contributed by atoms with E-state index in [-0.39, 0.29) is 11.8 Å². The molecule has 5 nitrogen and oxygen atoms in total. The first-order valence-electron chi connectivity index (χ1n) is 7.58. The van der Waals surface area contributed by atoms with Crippen LogP contribution >= 0.6 is 0 Å². The van der Waals surface area contributed by atoms with Crippen LogP contribution in [0.4, 0.5) is 4.39 Å². The van der Waals surface area contributed by atoms with E-state index in [1.165, 1.54) is 12.1 Å². The summed E-state index contributed by atoms with van der Waals surface area (Å²) in [4.78, 5) is 15.5. The number of ether oxygens (including phenoxy) is 1. The number of benzene rings is 1. The van der Waals surface area contributed by atoms with Crippen LogP contribution in [0.2, 0.25) is 0 Å². The van der Waals surface area contributed by atoms with Gasteiger partial charge in [0.2, 0.25) is 0 Å². The maximum Gasteiger partial charge on any atom is 0.306 e. The van der Waals surface area contributed by atoms with Crippen LogP contribution in [0.15, 0.2) is 53.3 Å². The van der Waals surface area contributed by atoms with Gasteiger partial charge in [0.05, 0.1) is 5.56 Å². The van der Waals surface area contributed by atoms with Gasteiger partial charge in [-0.3, -0.25) is 9.78 Å². The van der Waals surface area contributed by atoms with Gasteiger partial charge in [-0.15, -0.1) is 0 Å². The number of aromatic nitrogens is 2. The Morgan fingerprint density at radius 3 is 2.46 bits per heavy atom. The van der Waals surface area contributed by atoms with Gasteiger partial charge in [0.15, 0.2) is 11.9 Å². The van der Waals surface area contributed by atoms with Crippen LogP contribution in [0, 0.1) is 5.82 Å². The molecule has 1 aliphatic rings. The smallest absolute Gasteiger partial charge is 0.306 e. The summed E-state index contributed by atoms with van der Waals surface area (Å²) in [5.74, 6) is -0.0653. The Hall–Kier alpha value is -3.02. The molecule has 120 valence electrons. The molecule has 0 unspecified atom stereocenters. The molecule has 0 bridgehead atoms. The molecule has 3 aromatic rings. The molecule has 6 heteroatoms. The van der Waals surface area contributed by atoms with E-state index < -0.39 is 6.10 Å². The minimum Gasteiger partial charge on any atom is -0.454 e. The Morgan fingerprint density at radius 2 is 1.79 bits per heavy atom. The zero-order valence-electron chi connectivity index (χ0n) is 12.6. The number of pyridine rings is 1.